The van der Waals surface area contributed by atoms with E-state index < -0.39 is 0 Å². The first-order valence-electron chi connectivity index (χ1n) is 4.24. The van der Waals surface area contributed by atoms with Gasteiger partial charge in [-0.15, -0.1) is 11.3 Å². The molecule has 0 saturated heterocycles. The first-order valence-corrected chi connectivity index (χ1v) is 5.06. The number of hydrogen-bond acceptors (Lipinski definition) is 3. The molecule has 0 atom stereocenters. The smallest absolute Gasteiger partial charge is 0.107 e. The lowest BCUT2D eigenvalue weighted by atomic mass is 10.0. The summed E-state index contributed by atoms with van der Waals surface area (Å²) in [5.74, 6) is 0. The topological polar surface area (TPSA) is 36.7 Å². The van der Waals surface area contributed by atoms with Crippen LogP contribution in [-0.2, 0) is 19.3 Å². The summed E-state index contributed by atoms with van der Waals surface area (Å²) in [5.41, 5.74) is 1.26. The van der Waals surface area contributed by atoms with Gasteiger partial charge >= 0.3 is 0 Å². The average Bonchev–Trinajstić information content (AvgIpc) is 2.47. The second-order valence-electron chi connectivity index (χ2n) is 3.02. The van der Waals surface area contributed by atoms with Gasteiger partial charge in [-0.2, -0.15) is 5.26 Å². The standard InChI is InChI=1S/C9H10N2S/c10-6-5-9-11-7-3-1-2-4-8(7)12-9/h1-5H2. The third-order valence-corrected chi connectivity index (χ3v) is 3.28. The van der Waals surface area contributed by atoms with Gasteiger partial charge in [0.05, 0.1) is 18.2 Å². The van der Waals surface area contributed by atoms with Crippen molar-refractivity contribution in [3.05, 3.63) is 15.6 Å². The molecule has 12 heavy (non-hydrogen) atoms. The van der Waals surface area contributed by atoms with Crippen LogP contribution >= 0.6 is 11.3 Å². The molecule has 1 aromatic heterocycles. The number of aromatic nitrogens is 1. The summed E-state index contributed by atoms with van der Waals surface area (Å²) < 4.78 is 0. The lowest BCUT2D eigenvalue weighted by Crippen LogP contribution is -1.99. The molecule has 1 aromatic rings. The molecule has 0 radical (unpaired) electrons. The molecule has 0 bridgehead atoms. The Hall–Kier alpha value is -0.880. The maximum Gasteiger partial charge on any atom is 0.107 e. The monoisotopic (exact) mass is 178 g/mol. The molecule has 3 heteroatoms. The quantitative estimate of drug-likeness (QED) is 0.660. The van der Waals surface area contributed by atoms with Gasteiger partial charge in [-0.3, -0.25) is 0 Å². The Bertz CT molecular complexity index is 298. The van der Waals surface area contributed by atoms with Crippen molar-refractivity contribution in [3.63, 3.8) is 0 Å². The van der Waals surface area contributed by atoms with Crippen molar-refractivity contribution in [2.45, 2.75) is 32.1 Å². The molecule has 0 saturated carbocycles. The number of thiazole rings is 1. The highest BCUT2D eigenvalue weighted by atomic mass is 32.1. The van der Waals surface area contributed by atoms with Crippen LogP contribution in [0.3, 0.4) is 0 Å². The Morgan fingerprint density at radius 1 is 1.42 bits per heavy atom. The van der Waals surface area contributed by atoms with Crippen molar-refractivity contribution in [1.82, 2.24) is 4.98 Å². The van der Waals surface area contributed by atoms with Gasteiger partial charge in [-0.25, -0.2) is 4.98 Å². The highest BCUT2D eigenvalue weighted by Gasteiger charge is 2.14. The number of fused-ring (bicyclic) bond motifs is 1. The van der Waals surface area contributed by atoms with Crippen molar-refractivity contribution >= 4 is 11.3 Å². The van der Waals surface area contributed by atoms with E-state index in [0.29, 0.717) is 6.42 Å². The largest absolute Gasteiger partial charge is 0.245 e. The third kappa shape index (κ3) is 1.35. The van der Waals surface area contributed by atoms with Crippen LogP contribution in [0.2, 0.25) is 0 Å². The fourth-order valence-corrected chi connectivity index (χ4v) is 2.64. The molecular formula is C9H10N2S. The molecule has 0 aliphatic heterocycles. The second kappa shape index (κ2) is 3.24. The molecule has 1 aliphatic rings. The Balaban J connectivity index is 2.27. The van der Waals surface area contributed by atoms with Gasteiger partial charge in [0.25, 0.3) is 0 Å². The van der Waals surface area contributed by atoms with Crippen LogP contribution in [0, 0.1) is 11.3 Å². The minimum atomic E-state index is 0.484. The van der Waals surface area contributed by atoms with Crippen molar-refractivity contribution in [2.75, 3.05) is 0 Å². The zero-order valence-electron chi connectivity index (χ0n) is 6.84. The van der Waals surface area contributed by atoms with E-state index in [0.717, 1.165) is 11.4 Å². The van der Waals surface area contributed by atoms with Gasteiger partial charge in [0.1, 0.15) is 5.01 Å². The van der Waals surface area contributed by atoms with Crippen LogP contribution in [0.25, 0.3) is 0 Å². The summed E-state index contributed by atoms with van der Waals surface area (Å²) in [6.45, 7) is 0. The molecule has 2 nitrogen and oxygen atoms in total. The normalized spacial score (nSPS) is 15.2. The van der Waals surface area contributed by atoms with E-state index in [1.165, 1.54) is 29.8 Å². The van der Waals surface area contributed by atoms with E-state index in [1.807, 2.05) is 0 Å². The van der Waals surface area contributed by atoms with Crippen molar-refractivity contribution < 1.29 is 0 Å². The lowest BCUT2D eigenvalue weighted by Gasteiger charge is -2.06. The summed E-state index contributed by atoms with van der Waals surface area (Å²) in [5, 5.41) is 9.50. The zero-order chi connectivity index (χ0) is 8.39. The molecule has 2 rings (SSSR count). The van der Waals surface area contributed by atoms with Crippen LogP contribution in [0.5, 0.6) is 0 Å². The highest BCUT2D eigenvalue weighted by Crippen LogP contribution is 2.26. The van der Waals surface area contributed by atoms with Crippen LogP contribution in [0.4, 0.5) is 0 Å². The van der Waals surface area contributed by atoms with Crippen molar-refractivity contribution in [3.8, 4) is 6.07 Å². The molecule has 0 N–H and O–H groups in total. The SMILES string of the molecule is N#CCc1nc2c(s1)CCCC2. The van der Waals surface area contributed by atoms with Crippen molar-refractivity contribution in [1.29, 1.82) is 5.26 Å². The molecular weight excluding hydrogens is 168 g/mol. The summed E-state index contributed by atoms with van der Waals surface area (Å²) in [7, 11) is 0. The fourth-order valence-electron chi connectivity index (χ4n) is 1.55. The molecule has 0 unspecified atom stereocenters. The molecule has 0 spiro atoms. The van der Waals surface area contributed by atoms with Gasteiger partial charge in [0, 0.05) is 4.88 Å². The van der Waals surface area contributed by atoms with Crippen LogP contribution in [0.1, 0.15) is 28.4 Å². The predicted octanol–water partition coefficient (Wildman–Crippen LogP) is 2.09. The first kappa shape index (κ1) is 7.75. The van der Waals surface area contributed by atoms with E-state index in [4.69, 9.17) is 5.26 Å². The van der Waals surface area contributed by atoms with Gasteiger partial charge < -0.3 is 0 Å². The molecule has 1 heterocycles. The summed E-state index contributed by atoms with van der Waals surface area (Å²) in [4.78, 5) is 5.86. The molecule has 0 aromatic carbocycles. The van der Waals surface area contributed by atoms with E-state index in [2.05, 4.69) is 11.1 Å². The van der Waals surface area contributed by atoms with E-state index in [1.54, 1.807) is 11.3 Å². The third-order valence-electron chi connectivity index (χ3n) is 2.12. The van der Waals surface area contributed by atoms with Crippen molar-refractivity contribution in [2.24, 2.45) is 0 Å². The lowest BCUT2D eigenvalue weighted by molar-refractivity contribution is 0.681. The number of rotatable bonds is 1. The zero-order valence-corrected chi connectivity index (χ0v) is 7.65. The molecule has 1 aliphatic carbocycles. The molecule has 0 fully saturated rings. The Labute approximate surface area is 75.9 Å². The minimum Gasteiger partial charge on any atom is -0.245 e. The number of aryl methyl sites for hydroxylation is 2. The van der Waals surface area contributed by atoms with Gasteiger partial charge in [-0.1, -0.05) is 0 Å². The maximum absolute atomic E-state index is 8.50. The minimum absolute atomic E-state index is 0.484. The Kier molecular flexibility index (Phi) is 2.09. The Morgan fingerprint density at radius 2 is 2.25 bits per heavy atom. The van der Waals surface area contributed by atoms with E-state index in [-0.39, 0.29) is 0 Å². The highest BCUT2D eigenvalue weighted by molar-refractivity contribution is 7.11. The number of nitriles is 1. The van der Waals surface area contributed by atoms with Gasteiger partial charge in [0.2, 0.25) is 0 Å². The maximum atomic E-state index is 8.50. The van der Waals surface area contributed by atoms with Crippen LogP contribution < -0.4 is 0 Å². The number of nitrogens with zero attached hydrogens (tertiary/aromatic N) is 2. The van der Waals surface area contributed by atoms with E-state index in [9.17, 15) is 0 Å². The summed E-state index contributed by atoms with van der Waals surface area (Å²) in [6, 6.07) is 2.14. The number of hydrogen-bond donors (Lipinski definition) is 0. The first-order chi connectivity index (χ1) is 5.90. The molecule has 62 valence electrons. The average molecular weight is 178 g/mol. The Morgan fingerprint density at radius 3 is 3.00 bits per heavy atom. The van der Waals surface area contributed by atoms with Gasteiger partial charge in [0.15, 0.2) is 0 Å². The molecule has 0 amide bonds. The predicted molar refractivity (Wildman–Crippen MR) is 48.1 cm³/mol. The van der Waals surface area contributed by atoms with E-state index >= 15 is 0 Å². The summed E-state index contributed by atoms with van der Waals surface area (Å²) in [6.07, 6.45) is 5.34. The second-order valence-corrected chi connectivity index (χ2v) is 4.19. The summed E-state index contributed by atoms with van der Waals surface area (Å²) >= 11 is 1.73. The van der Waals surface area contributed by atoms with Gasteiger partial charge in [-0.05, 0) is 25.7 Å². The van der Waals surface area contributed by atoms with Crippen LogP contribution in [0.15, 0.2) is 0 Å². The van der Waals surface area contributed by atoms with Crippen LogP contribution in [-0.4, -0.2) is 4.98 Å². The fraction of sp³-hybridized carbons (Fsp3) is 0.556.